The van der Waals surface area contributed by atoms with Gasteiger partial charge >= 0.3 is 12.0 Å². The number of urea groups is 1. The standard InChI is InChI=1S/C11H20N2O4/c1-2-12(6-5-10(15)16)11(17)13(7-8-14)9-3-4-9/h9,14H,2-8H2,1H3,(H,15,16). The van der Waals surface area contributed by atoms with E-state index in [1.165, 1.54) is 4.90 Å². The number of carbonyl (C=O) groups is 2. The Morgan fingerprint density at radius 2 is 1.94 bits per heavy atom. The first-order valence-corrected chi connectivity index (χ1v) is 5.98. The summed E-state index contributed by atoms with van der Waals surface area (Å²) in [5.41, 5.74) is 0. The van der Waals surface area contributed by atoms with Crippen LogP contribution in [0, 0.1) is 0 Å². The molecule has 0 atom stereocenters. The lowest BCUT2D eigenvalue weighted by Crippen LogP contribution is -2.46. The maximum absolute atomic E-state index is 12.1. The van der Waals surface area contributed by atoms with E-state index in [0.29, 0.717) is 13.1 Å². The lowest BCUT2D eigenvalue weighted by atomic mass is 10.3. The number of amides is 2. The number of nitrogens with zero attached hydrogens (tertiary/aromatic N) is 2. The topological polar surface area (TPSA) is 81.1 Å². The van der Waals surface area contributed by atoms with Crippen LogP contribution in [0.1, 0.15) is 26.2 Å². The van der Waals surface area contributed by atoms with E-state index < -0.39 is 5.97 Å². The summed E-state index contributed by atoms with van der Waals surface area (Å²) in [6.07, 6.45) is 1.90. The smallest absolute Gasteiger partial charge is 0.320 e. The molecule has 0 bridgehead atoms. The van der Waals surface area contributed by atoms with Gasteiger partial charge in [-0.25, -0.2) is 4.79 Å². The summed E-state index contributed by atoms with van der Waals surface area (Å²) in [4.78, 5) is 25.8. The Balaban J connectivity index is 2.52. The Kier molecular flexibility index (Phi) is 5.21. The van der Waals surface area contributed by atoms with Crippen LogP contribution in [0.25, 0.3) is 0 Å². The van der Waals surface area contributed by atoms with Crippen LogP contribution in [0.3, 0.4) is 0 Å². The number of rotatable bonds is 7. The van der Waals surface area contributed by atoms with Gasteiger partial charge in [-0.3, -0.25) is 4.79 Å². The molecule has 6 heteroatoms. The van der Waals surface area contributed by atoms with Gasteiger partial charge < -0.3 is 20.0 Å². The van der Waals surface area contributed by atoms with Crippen LogP contribution < -0.4 is 0 Å². The second kappa shape index (κ2) is 6.44. The van der Waals surface area contributed by atoms with E-state index in [-0.39, 0.29) is 31.6 Å². The average Bonchev–Trinajstić information content (AvgIpc) is 3.10. The molecule has 1 saturated carbocycles. The van der Waals surface area contributed by atoms with Gasteiger partial charge in [0.15, 0.2) is 0 Å². The van der Waals surface area contributed by atoms with Crippen molar-refractivity contribution in [2.45, 2.75) is 32.2 Å². The average molecular weight is 244 g/mol. The molecule has 0 saturated heterocycles. The van der Waals surface area contributed by atoms with Crippen molar-refractivity contribution in [3.8, 4) is 0 Å². The molecule has 1 aliphatic rings. The zero-order chi connectivity index (χ0) is 12.8. The van der Waals surface area contributed by atoms with Gasteiger partial charge in [0.2, 0.25) is 0 Å². The summed E-state index contributed by atoms with van der Waals surface area (Å²) >= 11 is 0. The van der Waals surface area contributed by atoms with E-state index in [0.717, 1.165) is 12.8 Å². The number of aliphatic hydroxyl groups is 1. The van der Waals surface area contributed by atoms with Gasteiger partial charge in [0.1, 0.15) is 0 Å². The Hall–Kier alpha value is -1.30. The predicted molar refractivity (Wildman–Crippen MR) is 61.7 cm³/mol. The van der Waals surface area contributed by atoms with E-state index in [1.807, 2.05) is 6.92 Å². The first-order valence-electron chi connectivity index (χ1n) is 5.98. The molecule has 0 spiro atoms. The van der Waals surface area contributed by atoms with Gasteiger partial charge in [0.05, 0.1) is 13.0 Å². The molecule has 2 N–H and O–H groups in total. The van der Waals surface area contributed by atoms with Gasteiger partial charge in [-0.2, -0.15) is 0 Å². The molecule has 1 aliphatic carbocycles. The summed E-state index contributed by atoms with van der Waals surface area (Å²) in [6.45, 7) is 2.80. The minimum atomic E-state index is -0.906. The molecular weight excluding hydrogens is 224 g/mol. The predicted octanol–water partition coefficient (Wildman–Crippen LogP) is 0.360. The summed E-state index contributed by atoms with van der Waals surface area (Å²) < 4.78 is 0. The lowest BCUT2D eigenvalue weighted by Gasteiger charge is -2.29. The highest BCUT2D eigenvalue weighted by Crippen LogP contribution is 2.27. The van der Waals surface area contributed by atoms with Crippen molar-refractivity contribution in [2.75, 3.05) is 26.2 Å². The molecule has 0 aliphatic heterocycles. The summed E-state index contributed by atoms with van der Waals surface area (Å²) in [6, 6.07) is 0.0684. The van der Waals surface area contributed by atoms with Crippen molar-refractivity contribution in [2.24, 2.45) is 0 Å². The molecule has 0 heterocycles. The van der Waals surface area contributed by atoms with E-state index in [9.17, 15) is 9.59 Å². The van der Waals surface area contributed by atoms with Crippen molar-refractivity contribution < 1.29 is 19.8 Å². The molecule has 0 radical (unpaired) electrons. The van der Waals surface area contributed by atoms with Gasteiger partial charge in [0.25, 0.3) is 0 Å². The number of carbonyl (C=O) groups excluding carboxylic acids is 1. The van der Waals surface area contributed by atoms with E-state index >= 15 is 0 Å². The van der Waals surface area contributed by atoms with Crippen molar-refractivity contribution >= 4 is 12.0 Å². The van der Waals surface area contributed by atoms with E-state index in [4.69, 9.17) is 10.2 Å². The monoisotopic (exact) mass is 244 g/mol. The van der Waals surface area contributed by atoms with Gasteiger partial charge in [0, 0.05) is 25.7 Å². The van der Waals surface area contributed by atoms with Crippen LogP contribution >= 0.6 is 0 Å². The van der Waals surface area contributed by atoms with Crippen LogP contribution in [0.15, 0.2) is 0 Å². The van der Waals surface area contributed by atoms with E-state index in [2.05, 4.69) is 0 Å². The molecule has 2 amide bonds. The molecule has 17 heavy (non-hydrogen) atoms. The lowest BCUT2D eigenvalue weighted by molar-refractivity contribution is -0.137. The van der Waals surface area contributed by atoms with Gasteiger partial charge in [-0.05, 0) is 19.8 Å². The summed E-state index contributed by atoms with van der Waals surface area (Å²) in [7, 11) is 0. The van der Waals surface area contributed by atoms with Crippen molar-refractivity contribution in [1.82, 2.24) is 9.80 Å². The van der Waals surface area contributed by atoms with Crippen LogP contribution in [-0.4, -0.2) is 64.3 Å². The Morgan fingerprint density at radius 1 is 1.29 bits per heavy atom. The summed E-state index contributed by atoms with van der Waals surface area (Å²) in [5, 5.41) is 17.5. The third-order valence-electron chi connectivity index (χ3n) is 2.82. The van der Waals surface area contributed by atoms with Crippen LogP contribution in [0.4, 0.5) is 4.79 Å². The summed E-state index contributed by atoms with van der Waals surface area (Å²) in [5.74, 6) is -0.906. The fourth-order valence-electron chi connectivity index (χ4n) is 1.73. The van der Waals surface area contributed by atoms with Crippen molar-refractivity contribution in [3.05, 3.63) is 0 Å². The molecular formula is C11H20N2O4. The number of aliphatic hydroxyl groups excluding tert-OH is 1. The largest absolute Gasteiger partial charge is 0.481 e. The highest BCUT2D eigenvalue weighted by molar-refractivity contribution is 5.76. The second-order valence-corrected chi connectivity index (χ2v) is 4.15. The van der Waals surface area contributed by atoms with Crippen LogP contribution in [0.5, 0.6) is 0 Å². The first kappa shape index (κ1) is 13.8. The molecule has 0 aromatic carbocycles. The van der Waals surface area contributed by atoms with Crippen molar-refractivity contribution in [3.63, 3.8) is 0 Å². The number of hydrogen-bond acceptors (Lipinski definition) is 3. The third kappa shape index (κ3) is 4.22. The number of carboxylic acids is 1. The number of carboxylic acid groups (broad SMARTS) is 1. The fraction of sp³-hybridized carbons (Fsp3) is 0.818. The Bertz CT molecular complexity index is 279. The molecule has 0 aromatic rings. The molecule has 98 valence electrons. The zero-order valence-electron chi connectivity index (χ0n) is 10.1. The van der Waals surface area contributed by atoms with Crippen molar-refractivity contribution in [1.29, 1.82) is 0 Å². The number of hydrogen-bond donors (Lipinski definition) is 2. The maximum atomic E-state index is 12.1. The molecule has 1 fully saturated rings. The Morgan fingerprint density at radius 3 is 2.35 bits per heavy atom. The molecule has 0 aromatic heterocycles. The minimum absolute atomic E-state index is 0.0444. The minimum Gasteiger partial charge on any atom is -0.481 e. The fourth-order valence-corrected chi connectivity index (χ4v) is 1.73. The normalized spacial score (nSPS) is 14.5. The van der Waals surface area contributed by atoms with Crippen LogP contribution in [-0.2, 0) is 4.79 Å². The van der Waals surface area contributed by atoms with Gasteiger partial charge in [-0.15, -0.1) is 0 Å². The Labute approximate surface area is 101 Å². The van der Waals surface area contributed by atoms with E-state index in [1.54, 1.807) is 4.90 Å². The second-order valence-electron chi connectivity index (χ2n) is 4.15. The molecule has 6 nitrogen and oxygen atoms in total. The maximum Gasteiger partial charge on any atom is 0.320 e. The third-order valence-corrected chi connectivity index (χ3v) is 2.82. The van der Waals surface area contributed by atoms with Gasteiger partial charge in [-0.1, -0.05) is 0 Å². The first-order chi connectivity index (χ1) is 8.10. The highest BCUT2D eigenvalue weighted by atomic mass is 16.4. The molecule has 0 unspecified atom stereocenters. The number of aliphatic carboxylic acids is 1. The highest BCUT2D eigenvalue weighted by Gasteiger charge is 2.34. The van der Waals surface area contributed by atoms with Crippen LogP contribution in [0.2, 0.25) is 0 Å². The zero-order valence-corrected chi connectivity index (χ0v) is 10.1. The quantitative estimate of drug-likeness (QED) is 0.677. The molecule has 1 rings (SSSR count). The SMILES string of the molecule is CCN(CCC(=O)O)C(=O)N(CCO)C1CC1.